The summed E-state index contributed by atoms with van der Waals surface area (Å²) >= 11 is 13.0. The van der Waals surface area contributed by atoms with Gasteiger partial charge in [0.2, 0.25) is 0 Å². The molecule has 0 saturated carbocycles. The molecule has 0 aliphatic heterocycles. The first kappa shape index (κ1) is 22.3. The Morgan fingerprint density at radius 2 is 1.96 bits per heavy atom. The number of nitrogens with zero attached hydrogens (tertiary/aromatic N) is 1. The maximum absolute atomic E-state index is 6.40. The second kappa shape index (κ2) is 12.6. The lowest BCUT2D eigenvalue weighted by molar-refractivity contribution is 0.127. The van der Waals surface area contributed by atoms with Crippen LogP contribution in [0.25, 0.3) is 0 Å². The van der Waals surface area contributed by atoms with Gasteiger partial charge in [-0.25, -0.2) is 0 Å². The van der Waals surface area contributed by atoms with Gasteiger partial charge in [-0.3, -0.25) is 0 Å². The Balaban J connectivity index is 2.67. The van der Waals surface area contributed by atoms with E-state index in [-0.39, 0.29) is 0 Å². The standard InChI is InChI=1S/C18H24Br2ClNO3/c1-4-6-14-11-15(23-10-7-17(19)20)12-16(21)18(14)24-8-5-9-25-22-13(2)3/h7,11-12H,4-6,8-10H2,1-3H3. The molecule has 7 heteroatoms. The van der Waals surface area contributed by atoms with Crippen LogP contribution < -0.4 is 9.47 Å². The molecule has 0 bridgehead atoms. The Kier molecular flexibility index (Phi) is 11.3. The van der Waals surface area contributed by atoms with Crippen molar-refractivity contribution in [1.82, 2.24) is 0 Å². The van der Waals surface area contributed by atoms with Crippen LogP contribution in [0.4, 0.5) is 0 Å². The first-order chi connectivity index (χ1) is 11.9. The number of oxime groups is 1. The first-order valence-corrected chi connectivity index (χ1v) is 10.1. The van der Waals surface area contributed by atoms with E-state index in [0.717, 1.165) is 45.4 Å². The SMILES string of the molecule is CCCc1cc(OCC=C(Br)Br)cc(Cl)c1OCCCON=C(C)C. The highest BCUT2D eigenvalue weighted by molar-refractivity contribution is 9.28. The van der Waals surface area contributed by atoms with Crippen molar-refractivity contribution in [3.8, 4) is 11.5 Å². The molecular formula is C18H24Br2ClNO3. The molecule has 0 spiro atoms. The molecule has 0 aliphatic carbocycles. The van der Waals surface area contributed by atoms with Crippen molar-refractivity contribution in [1.29, 1.82) is 0 Å². The van der Waals surface area contributed by atoms with E-state index in [1.165, 1.54) is 0 Å². The summed E-state index contributed by atoms with van der Waals surface area (Å²) in [6.07, 6.45) is 4.48. The molecule has 0 unspecified atom stereocenters. The number of aryl methyl sites for hydroxylation is 1. The molecule has 1 rings (SSSR count). The van der Waals surface area contributed by atoms with Gasteiger partial charge in [-0.1, -0.05) is 30.1 Å². The van der Waals surface area contributed by atoms with E-state index < -0.39 is 0 Å². The van der Waals surface area contributed by atoms with Gasteiger partial charge in [0.15, 0.2) is 0 Å². The minimum atomic E-state index is 0.447. The zero-order valence-electron chi connectivity index (χ0n) is 14.8. The molecule has 25 heavy (non-hydrogen) atoms. The average molecular weight is 498 g/mol. The molecule has 0 fully saturated rings. The highest BCUT2D eigenvalue weighted by atomic mass is 79.9. The minimum absolute atomic E-state index is 0.447. The van der Waals surface area contributed by atoms with E-state index >= 15 is 0 Å². The van der Waals surface area contributed by atoms with Gasteiger partial charge in [0, 0.05) is 12.5 Å². The Hall–Kier alpha value is -0.720. The van der Waals surface area contributed by atoms with Gasteiger partial charge in [-0.2, -0.15) is 0 Å². The second-order valence-electron chi connectivity index (χ2n) is 5.52. The van der Waals surface area contributed by atoms with Crippen LogP contribution in [0, 0.1) is 0 Å². The Morgan fingerprint density at radius 3 is 2.60 bits per heavy atom. The predicted octanol–water partition coefficient (Wildman–Crippen LogP) is 6.48. The van der Waals surface area contributed by atoms with E-state index in [2.05, 4.69) is 43.9 Å². The maximum atomic E-state index is 6.40. The van der Waals surface area contributed by atoms with Crippen molar-refractivity contribution >= 4 is 49.2 Å². The van der Waals surface area contributed by atoms with E-state index in [0.29, 0.717) is 24.8 Å². The molecule has 0 radical (unpaired) electrons. The average Bonchev–Trinajstić information content (AvgIpc) is 2.52. The van der Waals surface area contributed by atoms with Crippen molar-refractivity contribution in [2.45, 2.75) is 40.0 Å². The smallest absolute Gasteiger partial charge is 0.141 e. The highest BCUT2D eigenvalue weighted by Gasteiger charge is 2.11. The van der Waals surface area contributed by atoms with Gasteiger partial charge in [-0.05, 0) is 69.8 Å². The molecule has 4 nitrogen and oxygen atoms in total. The molecule has 0 N–H and O–H groups in total. The van der Waals surface area contributed by atoms with Crippen LogP contribution in [-0.2, 0) is 11.3 Å². The zero-order chi connectivity index (χ0) is 18.7. The number of halogens is 3. The molecule has 0 heterocycles. The van der Waals surface area contributed by atoms with Crippen LogP contribution in [-0.4, -0.2) is 25.5 Å². The van der Waals surface area contributed by atoms with Gasteiger partial charge in [0.1, 0.15) is 24.7 Å². The second-order valence-corrected chi connectivity index (χ2v) is 8.70. The van der Waals surface area contributed by atoms with Gasteiger partial charge >= 0.3 is 0 Å². The first-order valence-electron chi connectivity index (χ1n) is 8.16. The third-order valence-electron chi connectivity index (χ3n) is 2.97. The minimum Gasteiger partial charge on any atom is -0.492 e. The van der Waals surface area contributed by atoms with Crippen molar-refractivity contribution in [2.24, 2.45) is 5.16 Å². The summed E-state index contributed by atoms with van der Waals surface area (Å²) < 4.78 is 12.4. The fourth-order valence-corrected chi connectivity index (χ4v) is 2.54. The number of hydrogen-bond acceptors (Lipinski definition) is 4. The molecule has 0 saturated heterocycles. The molecule has 140 valence electrons. The summed E-state index contributed by atoms with van der Waals surface area (Å²) in [4.78, 5) is 5.17. The molecule has 1 aromatic rings. The molecule has 0 amide bonds. The number of hydrogen-bond donors (Lipinski definition) is 0. The summed E-state index contributed by atoms with van der Waals surface area (Å²) in [5.41, 5.74) is 1.95. The number of rotatable bonds is 11. The van der Waals surface area contributed by atoms with Crippen LogP contribution in [0.2, 0.25) is 5.02 Å². The molecule has 0 aromatic heterocycles. The summed E-state index contributed by atoms with van der Waals surface area (Å²) in [6, 6.07) is 3.77. The van der Waals surface area contributed by atoms with E-state index in [4.69, 9.17) is 25.9 Å². The number of ether oxygens (including phenoxy) is 2. The maximum Gasteiger partial charge on any atom is 0.141 e. The summed E-state index contributed by atoms with van der Waals surface area (Å²) in [7, 11) is 0. The van der Waals surface area contributed by atoms with Crippen molar-refractivity contribution < 1.29 is 14.3 Å². The largest absolute Gasteiger partial charge is 0.492 e. The van der Waals surface area contributed by atoms with Crippen LogP contribution in [0.1, 0.15) is 39.2 Å². The third-order valence-corrected chi connectivity index (χ3v) is 3.90. The van der Waals surface area contributed by atoms with Gasteiger partial charge in [0.25, 0.3) is 0 Å². The van der Waals surface area contributed by atoms with Gasteiger partial charge < -0.3 is 14.3 Å². The molecule has 0 atom stereocenters. The Bertz CT molecular complexity index is 598. The lowest BCUT2D eigenvalue weighted by atomic mass is 10.1. The fraction of sp³-hybridized carbons (Fsp3) is 0.500. The van der Waals surface area contributed by atoms with Crippen LogP contribution >= 0.6 is 43.5 Å². The predicted molar refractivity (Wildman–Crippen MR) is 112 cm³/mol. The lowest BCUT2D eigenvalue weighted by Crippen LogP contribution is -2.05. The van der Waals surface area contributed by atoms with E-state index in [1.807, 2.05) is 26.0 Å². The Labute approximate surface area is 171 Å². The van der Waals surface area contributed by atoms with E-state index in [1.54, 1.807) is 6.07 Å². The fourth-order valence-electron chi connectivity index (χ4n) is 2.00. The summed E-state index contributed by atoms with van der Waals surface area (Å²) in [5.74, 6) is 1.46. The van der Waals surface area contributed by atoms with Crippen LogP contribution in [0.5, 0.6) is 11.5 Å². The highest BCUT2D eigenvalue weighted by Crippen LogP contribution is 2.34. The quantitative estimate of drug-likeness (QED) is 0.199. The van der Waals surface area contributed by atoms with Crippen molar-refractivity contribution in [3.05, 3.63) is 32.2 Å². The van der Waals surface area contributed by atoms with Crippen LogP contribution in [0.3, 0.4) is 0 Å². The molecular weight excluding hydrogens is 473 g/mol. The van der Waals surface area contributed by atoms with Crippen LogP contribution in [0.15, 0.2) is 26.8 Å². The monoisotopic (exact) mass is 495 g/mol. The summed E-state index contributed by atoms with van der Waals surface area (Å²) in [6.45, 7) is 7.39. The topological polar surface area (TPSA) is 40.0 Å². The van der Waals surface area contributed by atoms with Crippen molar-refractivity contribution in [3.63, 3.8) is 0 Å². The lowest BCUT2D eigenvalue weighted by Gasteiger charge is -2.15. The molecule has 1 aromatic carbocycles. The van der Waals surface area contributed by atoms with E-state index in [9.17, 15) is 0 Å². The third kappa shape index (κ3) is 9.52. The summed E-state index contributed by atoms with van der Waals surface area (Å²) in [5, 5.41) is 4.45. The van der Waals surface area contributed by atoms with Crippen molar-refractivity contribution in [2.75, 3.05) is 19.8 Å². The van der Waals surface area contributed by atoms with Gasteiger partial charge in [-0.15, -0.1) is 0 Å². The number of benzene rings is 1. The Morgan fingerprint density at radius 1 is 1.20 bits per heavy atom. The van der Waals surface area contributed by atoms with Gasteiger partial charge in [0.05, 0.1) is 20.7 Å². The normalized spacial score (nSPS) is 10.2. The molecule has 0 aliphatic rings. The zero-order valence-corrected chi connectivity index (χ0v) is 18.7.